The number of ether oxygens (including phenoxy) is 1. The van der Waals surface area contributed by atoms with E-state index < -0.39 is 10.8 Å². The van der Waals surface area contributed by atoms with Crippen LogP contribution < -0.4 is 15.5 Å². The van der Waals surface area contributed by atoms with Crippen LogP contribution in [-0.2, 0) is 4.79 Å². The molecule has 2 N–H and O–H groups in total. The van der Waals surface area contributed by atoms with Gasteiger partial charge in [-0.05, 0) is 37.3 Å². The van der Waals surface area contributed by atoms with Crippen LogP contribution in [0.4, 0.5) is 5.69 Å². The molecule has 0 saturated carbocycles. The largest absolute Gasteiger partial charge is 0.496 e. The summed E-state index contributed by atoms with van der Waals surface area (Å²) in [7, 11) is 1.45. The summed E-state index contributed by atoms with van der Waals surface area (Å²) in [6.45, 7) is 1.66. The minimum Gasteiger partial charge on any atom is -0.496 e. The minimum absolute atomic E-state index is 0.104. The molecule has 0 bridgehead atoms. The Morgan fingerprint density at radius 1 is 1.16 bits per heavy atom. The Balaban J connectivity index is 1.57. The Morgan fingerprint density at radius 3 is 2.59 bits per heavy atom. The third-order valence-electron chi connectivity index (χ3n) is 4.39. The summed E-state index contributed by atoms with van der Waals surface area (Å²) in [5.74, 6) is 0.159. The topological polar surface area (TPSA) is 136 Å². The lowest BCUT2D eigenvalue weighted by Crippen LogP contribution is -2.34. The maximum atomic E-state index is 12.0. The van der Waals surface area contributed by atoms with Crippen molar-refractivity contribution in [3.8, 4) is 17.1 Å². The van der Waals surface area contributed by atoms with Gasteiger partial charge in [-0.2, -0.15) is 5.10 Å². The number of methoxy groups -OCH3 is 1. The molecule has 2 aromatic carbocycles. The lowest BCUT2D eigenvalue weighted by atomic mass is 10.1. The van der Waals surface area contributed by atoms with Gasteiger partial charge >= 0.3 is 0 Å². The zero-order chi connectivity index (χ0) is 23.1. The molecular formula is C22H20N4O6. The van der Waals surface area contributed by atoms with Gasteiger partial charge in [-0.3, -0.25) is 19.7 Å². The number of hydrogen-bond acceptors (Lipinski definition) is 7. The molecule has 0 unspecified atom stereocenters. The van der Waals surface area contributed by atoms with Crippen LogP contribution in [0.2, 0.25) is 0 Å². The number of amides is 2. The molecule has 3 aromatic rings. The summed E-state index contributed by atoms with van der Waals surface area (Å²) >= 11 is 0. The zero-order valence-corrected chi connectivity index (χ0v) is 17.3. The van der Waals surface area contributed by atoms with Gasteiger partial charge in [0.25, 0.3) is 17.5 Å². The minimum atomic E-state index is -0.520. The highest BCUT2D eigenvalue weighted by Crippen LogP contribution is 2.34. The van der Waals surface area contributed by atoms with Crippen molar-refractivity contribution in [2.24, 2.45) is 5.10 Å². The third kappa shape index (κ3) is 5.57. The van der Waals surface area contributed by atoms with Gasteiger partial charge in [-0.15, -0.1) is 0 Å². The van der Waals surface area contributed by atoms with Gasteiger partial charge in [0.2, 0.25) is 0 Å². The first-order chi connectivity index (χ1) is 15.4. The van der Waals surface area contributed by atoms with Gasteiger partial charge in [0.1, 0.15) is 17.3 Å². The Kier molecular flexibility index (Phi) is 6.96. The number of carbonyl (C=O) groups is 2. The van der Waals surface area contributed by atoms with Crippen LogP contribution in [0.15, 0.2) is 64.1 Å². The fourth-order valence-corrected chi connectivity index (χ4v) is 2.74. The first-order valence-electron chi connectivity index (χ1n) is 9.47. The maximum absolute atomic E-state index is 12.0. The number of hydrogen-bond donors (Lipinski definition) is 2. The first kappa shape index (κ1) is 22.2. The number of aryl methyl sites for hydroxylation is 1. The molecule has 0 radical (unpaired) electrons. The van der Waals surface area contributed by atoms with Crippen molar-refractivity contribution in [3.63, 3.8) is 0 Å². The van der Waals surface area contributed by atoms with Crippen LogP contribution in [0.5, 0.6) is 5.75 Å². The van der Waals surface area contributed by atoms with E-state index in [1.54, 1.807) is 36.4 Å². The number of nitrogens with one attached hydrogen (secondary N) is 2. The molecule has 10 nitrogen and oxygen atoms in total. The second-order valence-corrected chi connectivity index (χ2v) is 6.69. The van der Waals surface area contributed by atoms with Gasteiger partial charge in [-0.25, -0.2) is 5.43 Å². The summed E-state index contributed by atoms with van der Waals surface area (Å²) in [5, 5.41) is 17.3. The molecule has 1 heterocycles. The van der Waals surface area contributed by atoms with Crippen molar-refractivity contribution < 1.29 is 23.7 Å². The third-order valence-corrected chi connectivity index (χ3v) is 4.39. The molecule has 32 heavy (non-hydrogen) atoms. The number of carbonyl (C=O) groups excluding carboxylic acids is 2. The van der Waals surface area contributed by atoms with Crippen molar-refractivity contribution in [1.82, 2.24) is 10.7 Å². The highest BCUT2D eigenvalue weighted by molar-refractivity contribution is 5.96. The van der Waals surface area contributed by atoms with Crippen molar-refractivity contribution in [2.75, 3.05) is 13.7 Å². The number of non-ortho nitro benzene ring substituents is 1. The molecule has 0 atom stereocenters. The molecule has 0 aliphatic heterocycles. The summed E-state index contributed by atoms with van der Waals surface area (Å²) in [6, 6.07) is 14.3. The quantitative estimate of drug-likeness (QED) is 0.316. The predicted octanol–water partition coefficient (Wildman–Crippen LogP) is 3.05. The molecule has 0 aliphatic carbocycles. The molecule has 10 heteroatoms. The van der Waals surface area contributed by atoms with Gasteiger partial charge in [-0.1, -0.05) is 17.7 Å². The lowest BCUT2D eigenvalue weighted by molar-refractivity contribution is -0.384. The van der Waals surface area contributed by atoms with Gasteiger partial charge < -0.3 is 14.5 Å². The van der Waals surface area contributed by atoms with E-state index in [1.165, 1.54) is 31.5 Å². The summed E-state index contributed by atoms with van der Waals surface area (Å²) in [4.78, 5) is 34.4. The average molecular weight is 436 g/mol. The number of nitro groups is 1. The Morgan fingerprint density at radius 2 is 1.91 bits per heavy atom. The smallest absolute Gasteiger partial charge is 0.270 e. The van der Waals surface area contributed by atoms with Crippen molar-refractivity contribution in [2.45, 2.75) is 6.92 Å². The number of furan rings is 1. The van der Waals surface area contributed by atoms with Gasteiger partial charge in [0.15, 0.2) is 0 Å². The number of nitro benzene ring substituents is 1. The molecular weight excluding hydrogens is 416 g/mol. The Hall–Kier alpha value is -4.47. The van der Waals surface area contributed by atoms with Gasteiger partial charge in [0.05, 0.1) is 30.4 Å². The van der Waals surface area contributed by atoms with E-state index in [0.717, 1.165) is 5.56 Å². The average Bonchev–Trinajstić information content (AvgIpc) is 3.26. The van der Waals surface area contributed by atoms with E-state index in [2.05, 4.69) is 15.8 Å². The van der Waals surface area contributed by atoms with Crippen LogP contribution in [0.25, 0.3) is 11.3 Å². The number of benzene rings is 2. The fraction of sp³-hybridized carbons (Fsp3) is 0.136. The molecule has 0 fully saturated rings. The summed E-state index contributed by atoms with van der Waals surface area (Å²) in [6.07, 6.45) is 1.27. The Bertz CT molecular complexity index is 1170. The van der Waals surface area contributed by atoms with Crippen molar-refractivity contribution in [1.29, 1.82) is 0 Å². The van der Waals surface area contributed by atoms with E-state index in [0.29, 0.717) is 28.4 Å². The van der Waals surface area contributed by atoms with Crippen LogP contribution in [0.1, 0.15) is 21.7 Å². The molecule has 0 saturated heterocycles. The fourth-order valence-electron chi connectivity index (χ4n) is 2.74. The van der Waals surface area contributed by atoms with Crippen molar-refractivity contribution in [3.05, 3.63) is 81.6 Å². The zero-order valence-electron chi connectivity index (χ0n) is 17.3. The van der Waals surface area contributed by atoms with Crippen LogP contribution in [0, 0.1) is 17.0 Å². The summed E-state index contributed by atoms with van der Waals surface area (Å²) < 4.78 is 10.9. The van der Waals surface area contributed by atoms with Gasteiger partial charge in [0, 0.05) is 17.7 Å². The van der Waals surface area contributed by atoms with E-state index >= 15 is 0 Å². The maximum Gasteiger partial charge on any atom is 0.270 e. The van der Waals surface area contributed by atoms with E-state index in [1.807, 2.05) is 6.92 Å². The molecule has 0 spiro atoms. The standard InChI is InChI=1S/C22H20N4O6/c1-14-3-5-15(6-4-14)22(28)23-13-21(27)25-24-12-17-8-10-20(32-17)18-11-16(26(29)30)7-9-19(18)31-2/h3-12H,13H2,1-2H3,(H,23,28)(H,25,27)/b24-12-. The Labute approximate surface area is 183 Å². The highest BCUT2D eigenvalue weighted by Gasteiger charge is 2.15. The molecule has 2 amide bonds. The number of hydrazone groups is 1. The SMILES string of the molecule is COc1ccc([N+](=O)[O-])cc1-c1ccc(/C=N\NC(=O)CNC(=O)c2ccc(C)cc2)o1. The summed E-state index contributed by atoms with van der Waals surface area (Å²) in [5.41, 5.74) is 4.06. The lowest BCUT2D eigenvalue weighted by Gasteiger charge is -2.05. The first-order valence-corrected chi connectivity index (χ1v) is 9.47. The predicted molar refractivity (Wildman–Crippen MR) is 117 cm³/mol. The van der Waals surface area contributed by atoms with E-state index in [9.17, 15) is 19.7 Å². The monoisotopic (exact) mass is 436 g/mol. The molecule has 1 aromatic heterocycles. The molecule has 164 valence electrons. The number of rotatable bonds is 8. The second kappa shape index (κ2) is 10.0. The second-order valence-electron chi connectivity index (χ2n) is 6.69. The van der Waals surface area contributed by atoms with Crippen molar-refractivity contribution >= 4 is 23.7 Å². The molecule has 0 aliphatic rings. The molecule has 3 rings (SSSR count). The van der Waals surface area contributed by atoms with Crippen LogP contribution in [0.3, 0.4) is 0 Å². The highest BCUT2D eigenvalue weighted by atomic mass is 16.6. The number of nitrogens with zero attached hydrogens (tertiary/aromatic N) is 2. The normalized spacial score (nSPS) is 10.7. The van der Waals surface area contributed by atoms with Crippen LogP contribution in [-0.4, -0.2) is 36.6 Å². The van der Waals surface area contributed by atoms with Crippen LogP contribution >= 0.6 is 0 Å². The van der Waals surface area contributed by atoms with E-state index in [4.69, 9.17) is 9.15 Å². The van der Waals surface area contributed by atoms with E-state index in [-0.39, 0.29) is 18.1 Å².